The molecule has 1 aromatic heterocycles. The average Bonchev–Trinajstić information content (AvgIpc) is 3.23. The van der Waals surface area contributed by atoms with E-state index in [-0.39, 0.29) is 29.8 Å². The molecule has 0 unspecified atom stereocenters. The summed E-state index contributed by atoms with van der Waals surface area (Å²) in [5.41, 5.74) is 0.806. The predicted octanol–water partition coefficient (Wildman–Crippen LogP) is 1.42. The van der Waals surface area contributed by atoms with Gasteiger partial charge in [-0.15, -0.1) is 10.2 Å². The van der Waals surface area contributed by atoms with E-state index in [1.165, 1.54) is 35.2 Å². The Balaban J connectivity index is 1.42. The summed E-state index contributed by atoms with van der Waals surface area (Å²) < 4.78 is 18.6. The van der Waals surface area contributed by atoms with Crippen LogP contribution in [-0.4, -0.2) is 79.1 Å². The van der Waals surface area contributed by atoms with Gasteiger partial charge in [-0.25, -0.2) is 4.39 Å². The minimum atomic E-state index is -0.305. The molecule has 1 N–H and O–H groups in total. The molecule has 0 spiro atoms. The van der Waals surface area contributed by atoms with Crippen LogP contribution in [-0.2, 0) is 20.7 Å². The van der Waals surface area contributed by atoms with Crippen LogP contribution in [0.1, 0.15) is 5.56 Å². The zero-order valence-electron chi connectivity index (χ0n) is 16.7. The van der Waals surface area contributed by atoms with Crippen molar-refractivity contribution >= 4 is 40.0 Å². The summed E-state index contributed by atoms with van der Waals surface area (Å²) in [6, 6.07) is 6.02. The molecule has 0 radical (unpaired) electrons. The second-order valence-electron chi connectivity index (χ2n) is 6.65. The molecule has 2 heterocycles. The monoisotopic (exact) mass is 453 g/mol. The van der Waals surface area contributed by atoms with Crippen LogP contribution < -0.4 is 10.2 Å². The predicted molar refractivity (Wildman–Crippen MR) is 114 cm³/mol. The molecule has 30 heavy (non-hydrogen) atoms. The van der Waals surface area contributed by atoms with E-state index < -0.39 is 0 Å². The second-order valence-corrected chi connectivity index (χ2v) is 8.83. The van der Waals surface area contributed by atoms with Gasteiger partial charge in [0.1, 0.15) is 5.82 Å². The quantitative estimate of drug-likeness (QED) is 0.454. The first kappa shape index (κ1) is 22.4. The van der Waals surface area contributed by atoms with Crippen LogP contribution in [0.15, 0.2) is 28.6 Å². The van der Waals surface area contributed by atoms with E-state index in [1.54, 1.807) is 19.2 Å². The summed E-state index contributed by atoms with van der Waals surface area (Å²) in [6.07, 6.45) is 0.270. The van der Waals surface area contributed by atoms with Crippen LogP contribution >= 0.6 is 23.1 Å². The number of piperazine rings is 1. The number of halogens is 1. The molecule has 162 valence electrons. The minimum absolute atomic E-state index is 0.0363. The highest BCUT2D eigenvalue weighted by molar-refractivity contribution is 8.01. The molecule has 1 aromatic carbocycles. The third-order valence-electron chi connectivity index (χ3n) is 4.52. The molecule has 1 saturated heterocycles. The van der Waals surface area contributed by atoms with Crippen molar-refractivity contribution in [2.45, 2.75) is 10.8 Å². The molecule has 1 fully saturated rings. The number of thioether (sulfide) groups is 1. The van der Waals surface area contributed by atoms with E-state index in [9.17, 15) is 14.0 Å². The Kier molecular flexibility index (Phi) is 8.40. The van der Waals surface area contributed by atoms with Gasteiger partial charge in [-0.05, 0) is 17.7 Å². The molecule has 0 bridgehead atoms. The van der Waals surface area contributed by atoms with Crippen molar-refractivity contribution in [2.75, 3.05) is 57.1 Å². The van der Waals surface area contributed by atoms with Crippen LogP contribution in [0.5, 0.6) is 0 Å². The number of carbonyl (C=O) groups is 2. The summed E-state index contributed by atoms with van der Waals surface area (Å²) in [6.45, 7) is 3.52. The number of anilines is 1. The smallest absolute Gasteiger partial charge is 0.230 e. The third kappa shape index (κ3) is 6.64. The fourth-order valence-electron chi connectivity index (χ4n) is 2.90. The molecule has 0 aliphatic carbocycles. The van der Waals surface area contributed by atoms with E-state index in [2.05, 4.69) is 20.4 Å². The molecule has 0 saturated carbocycles. The fourth-order valence-corrected chi connectivity index (χ4v) is 4.62. The molecule has 8 nitrogen and oxygen atoms in total. The minimum Gasteiger partial charge on any atom is -0.383 e. The zero-order valence-corrected chi connectivity index (χ0v) is 18.3. The van der Waals surface area contributed by atoms with Crippen molar-refractivity contribution < 1.29 is 18.7 Å². The Labute approximate surface area is 182 Å². The lowest BCUT2D eigenvalue weighted by atomic mass is 10.1. The van der Waals surface area contributed by atoms with Gasteiger partial charge < -0.3 is 19.9 Å². The number of carbonyl (C=O) groups excluding carboxylic acids is 2. The molecule has 3 rings (SSSR count). The lowest BCUT2D eigenvalue weighted by molar-refractivity contribution is -0.130. The van der Waals surface area contributed by atoms with Gasteiger partial charge in [-0.2, -0.15) is 0 Å². The number of hydrogen-bond acceptors (Lipinski definition) is 8. The van der Waals surface area contributed by atoms with E-state index in [1.807, 2.05) is 4.90 Å². The van der Waals surface area contributed by atoms with Gasteiger partial charge in [0.05, 0.1) is 18.8 Å². The van der Waals surface area contributed by atoms with Crippen LogP contribution in [0.4, 0.5) is 9.52 Å². The normalized spacial score (nSPS) is 14.1. The maximum Gasteiger partial charge on any atom is 0.230 e. The zero-order chi connectivity index (χ0) is 21.3. The lowest BCUT2D eigenvalue weighted by Gasteiger charge is -2.34. The third-order valence-corrected chi connectivity index (χ3v) is 6.64. The van der Waals surface area contributed by atoms with Crippen LogP contribution in [0, 0.1) is 5.82 Å². The van der Waals surface area contributed by atoms with Crippen LogP contribution in [0.2, 0.25) is 0 Å². The number of amides is 2. The van der Waals surface area contributed by atoms with Crippen molar-refractivity contribution in [3.8, 4) is 0 Å². The Morgan fingerprint density at radius 1 is 1.20 bits per heavy atom. The summed E-state index contributed by atoms with van der Waals surface area (Å²) >= 11 is 2.80. The number of nitrogens with zero attached hydrogens (tertiary/aromatic N) is 4. The number of nitrogens with one attached hydrogen (secondary N) is 1. The molecular weight excluding hydrogens is 429 g/mol. The Morgan fingerprint density at radius 2 is 1.93 bits per heavy atom. The number of methoxy groups -OCH3 is 1. The summed E-state index contributed by atoms with van der Waals surface area (Å²) in [5.74, 6) is -0.0539. The van der Waals surface area contributed by atoms with Crippen LogP contribution in [0.3, 0.4) is 0 Å². The second kappa shape index (κ2) is 11.2. The van der Waals surface area contributed by atoms with Gasteiger partial charge >= 0.3 is 0 Å². The largest absolute Gasteiger partial charge is 0.383 e. The summed E-state index contributed by atoms with van der Waals surface area (Å²) in [5, 5.41) is 11.9. The molecule has 1 aliphatic heterocycles. The van der Waals surface area contributed by atoms with Crippen molar-refractivity contribution in [2.24, 2.45) is 0 Å². The SMILES string of the molecule is COCCNC(=O)CSc1nnc(N2CCN(C(=O)Cc3ccc(F)cc3)CC2)s1. The topological polar surface area (TPSA) is 87.7 Å². The number of benzene rings is 1. The Bertz CT molecular complexity index is 841. The van der Waals surface area contributed by atoms with Gasteiger partial charge in [-0.1, -0.05) is 35.2 Å². The van der Waals surface area contributed by atoms with Crippen molar-refractivity contribution in [3.63, 3.8) is 0 Å². The van der Waals surface area contributed by atoms with Gasteiger partial charge in [0.25, 0.3) is 0 Å². The summed E-state index contributed by atoms with van der Waals surface area (Å²) in [4.78, 5) is 28.2. The first-order chi connectivity index (χ1) is 14.5. The van der Waals surface area contributed by atoms with Gasteiger partial charge in [-0.3, -0.25) is 9.59 Å². The van der Waals surface area contributed by atoms with E-state index in [4.69, 9.17) is 4.74 Å². The molecular formula is C19H24FN5O3S2. The summed E-state index contributed by atoms with van der Waals surface area (Å²) in [7, 11) is 1.59. The molecule has 0 atom stereocenters. The highest BCUT2D eigenvalue weighted by atomic mass is 32.2. The Morgan fingerprint density at radius 3 is 2.63 bits per heavy atom. The van der Waals surface area contributed by atoms with Crippen LogP contribution in [0.25, 0.3) is 0 Å². The molecule has 11 heteroatoms. The molecule has 1 aliphatic rings. The Hall–Kier alpha value is -2.24. The van der Waals surface area contributed by atoms with E-state index in [0.717, 1.165) is 15.0 Å². The maximum absolute atomic E-state index is 13.0. The van der Waals surface area contributed by atoms with Gasteiger partial charge in [0, 0.05) is 39.8 Å². The number of aromatic nitrogens is 2. The molecule has 2 amide bonds. The first-order valence-electron chi connectivity index (χ1n) is 9.54. The molecule has 2 aromatic rings. The van der Waals surface area contributed by atoms with Crippen molar-refractivity contribution in [1.82, 2.24) is 20.4 Å². The number of rotatable bonds is 9. The highest BCUT2D eigenvalue weighted by Crippen LogP contribution is 2.28. The fraction of sp³-hybridized carbons (Fsp3) is 0.474. The maximum atomic E-state index is 13.0. The van der Waals surface area contributed by atoms with Crippen molar-refractivity contribution in [1.29, 1.82) is 0 Å². The first-order valence-corrected chi connectivity index (χ1v) is 11.3. The highest BCUT2D eigenvalue weighted by Gasteiger charge is 2.23. The standard InChI is InChI=1S/C19H24FN5O3S2/c1-28-11-6-21-16(26)13-29-19-23-22-18(30-19)25-9-7-24(8-10-25)17(27)12-14-2-4-15(20)5-3-14/h2-5H,6-13H2,1H3,(H,21,26). The van der Waals surface area contributed by atoms with Gasteiger partial charge in [0.15, 0.2) is 4.34 Å². The van der Waals surface area contributed by atoms with E-state index >= 15 is 0 Å². The average molecular weight is 454 g/mol. The van der Waals surface area contributed by atoms with Crippen molar-refractivity contribution in [3.05, 3.63) is 35.6 Å². The number of hydrogen-bond donors (Lipinski definition) is 1. The lowest BCUT2D eigenvalue weighted by Crippen LogP contribution is -2.49. The van der Waals surface area contributed by atoms with Gasteiger partial charge in [0.2, 0.25) is 16.9 Å². The number of ether oxygens (including phenoxy) is 1. The van der Waals surface area contributed by atoms with E-state index in [0.29, 0.717) is 39.3 Å².